The fourth-order valence-corrected chi connectivity index (χ4v) is 1.63. The highest BCUT2D eigenvalue weighted by Gasteiger charge is 2.04. The largest absolute Gasteiger partial charge is 0.477 e. The van der Waals surface area contributed by atoms with Crippen molar-refractivity contribution < 1.29 is 9.90 Å². The van der Waals surface area contributed by atoms with Crippen LogP contribution >= 0.6 is 11.3 Å². The molecule has 1 aromatic heterocycles. The lowest BCUT2D eigenvalue weighted by molar-refractivity contribution is 0.0702. The van der Waals surface area contributed by atoms with E-state index >= 15 is 0 Å². The maximum Gasteiger partial charge on any atom is 0.345 e. The van der Waals surface area contributed by atoms with Crippen LogP contribution in [0, 0.1) is 0 Å². The summed E-state index contributed by atoms with van der Waals surface area (Å²) in [6.07, 6.45) is 3.87. The molecule has 0 aliphatic heterocycles. The zero-order valence-electron chi connectivity index (χ0n) is 7.28. The molecule has 0 fully saturated rings. The minimum absolute atomic E-state index is 0.379. The minimum atomic E-state index is -0.863. The molecule has 2 N–H and O–H groups in total. The summed E-state index contributed by atoms with van der Waals surface area (Å²) in [6, 6.07) is 3.42. The summed E-state index contributed by atoms with van der Waals surface area (Å²) < 4.78 is 0. The molecule has 0 radical (unpaired) electrons. The number of carboxylic acids is 1. The van der Waals surface area contributed by atoms with Crippen LogP contribution in [0.2, 0.25) is 0 Å². The van der Waals surface area contributed by atoms with Crippen LogP contribution in [0.25, 0.3) is 6.08 Å². The van der Waals surface area contributed by atoms with Crippen LogP contribution in [-0.2, 0) is 0 Å². The van der Waals surface area contributed by atoms with Crippen molar-refractivity contribution in [3.05, 3.63) is 28.0 Å². The van der Waals surface area contributed by atoms with E-state index in [0.717, 1.165) is 11.4 Å². The van der Waals surface area contributed by atoms with Gasteiger partial charge in [0.05, 0.1) is 0 Å². The monoisotopic (exact) mass is 197 g/mol. The van der Waals surface area contributed by atoms with Crippen molar-refractivity contribution in [2.45, 2.75) is 0 Å². The summed E-state index contributed by atoms with van der Waals surface area (Å²) >= 11 is 1.28. The fourth-order valence-electron chi connectivity index (χ4n) is 0.850. The molecule has 0 saturated heterocycles. The van der Waals surface area contributed by atoms with E-state index in [9.17, 15) is 4.79 Å². The molecule has 1 rings (SSSR count). The van der Waals surface area contributed by atoms with Crippen LogP contribution in [0.4, 0.5) is 0 Å². The van der Waals surface area contributed by atoms with Crippen molar-refractivity contribution in [3.8, 4) is 0 Å². The minimum Gasteiger partial charge on any atom is -0.477 e. The zero-order chi connectivity index (χ0) is 9.68. The topological polar surface area (TPSA) is 49.3 Å². The van der Waals surface area contributed by atoms with Crippen LogP contribution in [0.15, 0.2) is 18.2 Å². The number of thiophene rings is 1. The van der Waals surface area contributed by atoms with Gasteiger partial charge in [-0.25, -0.2) is 4.79 Å². The number of hydrogen-bond acceptors (Lipinski definition) is 3. The summed E-state index contributed by atoms with van der Waals surface area (Å²) in [7, 11) is 1.86. The number of hydrogen-bond donors (Lipinski definition) is 2. The van der Waals surface area contributed by atoms with E-state index in [0.29, 0.717) is 4.88 Å². The molecule has 3 nitrogen and oxygen atoms in total. The molecule has 13 heavy (non-hydrogen) atoms. The first-order valence-electron chi connectivity index (χ1n) is 3.88. The molecule has 0 bridgehead atoms. The van der Waals surface area contributed by atoms with Crippen molar-refractivity contribution in [3.63, 3.8) is 0 Å². The molecule has 0 atom stereocenters. The zero-order valence-corrected chi connectivity index (χ0v) is 8.10. The first-order valence-corrected chi connectivity index (χ1v) is 4.70. The van der Waals surface area contributed by atoms with Crippen LogP contribution in [0.5, 0.6) is 0 Å². The van der Waals surface area contributed by atoms with E-state index in [-0.39, 0.29) is 0 Å². The summed E-state index contributed by atoms with van der Waals surface area (Å²) in [5.41, 5.74) is 0. The highest BCUT2D eigenvalue weighted by Crippen LogP contribution is 2.17. The van der Waals surface area contributed by atoms with Crippen molar-refractivity contribution in [2.24, 2.45) is 0 Å². The van der Waals surface area contributed by atoms with E-state index in [4.69, 9.17) is 5.11 Å². The van der Waals surface area contributed by atoms with Gasteiger partial charge in [0, 0.05) is 11.4 Å². The van der Waals surface area contributed by atoms with Crippen molar-refractivity contribution in [1.82, 2.24) is 5.32 Å². The van der Waals surface area contributed by atoms with E-state index in [1.165, 1.54) is 11.3 Å². The van der Waals surface area contributed by atoms with E-state index in [2.05, 4.69) is 5.32 Å². The molecular weight excluding hydrogens is 186 g/mol. The van der Waals surface area contributed by atoms with Gasteiger partial charge in [-0.05, 0) is 25.3 Å². The molecule has 0 amide bonds. The van der Waals surface area contributed by atoms with E-state index in [1.54, 1.807) is 12.1 Å². The number of aromatic carboxylic acids is 1. The molecule has 1 aromatic rings. The van der Waals surface area contributed by atoms with Gasteiger partial charge in [-0.15, -0.1) is 11.3 Å². The lowest BCUT2D eigenvalue weighted by Crippen LogP contribution is -2.03. The average molecular weight is 197 g/mol. The van der Waals surface area contributed by atoms with Gasteiger partial charge in [0.25, 0.3) is 0 Å². The highest BCUT2D eigenvalue weighted by molar-refractivity contribution is 7.14. The number of rotatable bonds is 4. The summed E-state index contributed by atoms with van der Waals surface area (Å²) in [6.45, 7) is 0.792. The smallest absolute Gasteiger partial charge is 0.345 e. The van der Waals surface area contributed by atoms with Gasteiger partial charge >= 0.3 is 5.97 Å². The second-order valence-electron chi connectivity index (χ2n) is 2.47. The molecule has 0 unspecified atom stereocenters. The molecule has 0 saturated carbocycles. The quantitative estimate of drug-likeness (QED) is 0.772. The Labute approximate surface area is 80.7 Å². The van der Waals surface area contributed by atoms with Crippen LogP contribution in [-0.4, -0.2) is 24.7 Å². The first-order chi connectivity index (χ1) is 6.24. The van der Waals surface area contributed by atoms with Crippen LogP contribution in [0.3, 0.4) is 0 Å². The van der Waals surface area contributed by atoms with E-state index < -0.39 is 5.97 Å². The second-order valence-corrected chi connectivity index (χ2v) is 3.58. The van der Waals surface area contributed by atoms with Gasteiger partial charge in [0.15, 0.2) is 0 Å². The van der Waals surface area contributed by atoms with Gasteiger partial charge in [-0.2, -0.15) is 0 Å². The number of nitrogens with one attached hydrogen (secondary N) is 1. The Morgan fingerprint density at radius 1 is 1.69 bits per heavy atom. The third kappa shape index (κ3) is 3.01. The number of carbonyl (C=O) groups is 1. The third-order valence-corrected chi connectivity index (χ3v) is 2.48. The molecule has 70 valence electrons. The Morgan fingerprint density at radius 3 is 3.00 bits per heavy atom. The Hall–Kier alpha value is -1.13. The third-order valence-electron chi connectivity index (χ3n) is 1.44. The van der Waals surface area contributed by atoms with Crippen molar-refractivity contribution in [2.75, 3.05) is 13.6 Å². The van der Waals surface area contributed by atoms with Gasteiger partial charge in [-0.1, -0.05) is 6.08 Å². The maximum atomic E-state index is 10.5. The number of carboxylic acid groups (broad SMARTS) is 1. The number of likely N-dealkylation sites (N-methyl/N-ethyl adjacent to an activating group) is 1. The van der Waals surface area contributed by atoms with Crippen LogP contribution < -0.4 is 5.32 Å². The lowest BCUT2D eigenvalue weighted by Gasteiger charge is -1.86. The second kappa shape index (κ2) is 4.79. The van der Waals surface area contributed by atoms with Gasteiger partial charge in [-0.3, -0.25) is 0 Å². The summed E-state index contributed by atoms with van der Waals surface area (Å²) in [5, 5.41) is 11.6. The molecule has 1 heterocycles. The normalized spacial score (nSPS) is 10.8. The summed E-state index contributed by atoms with van der Waals surface area (Å²) in [4.78, 5) is 11.9. The highest BCUT2D eigenvalue weighted by atomic mass is 32.1. The Morgan fingerprint density at radius 2 is 2.46 bits per heavy atom. The molecule has 4 heteroatoms. The Kier molecular flexibility index (Phi) is 3.67. The van der Waals surface area contributed by atoms with Gasteiger partial charge in [0.2, 0.25) is 0 Å². The van der Waals surface area contributed by atoms with E-state index in [1.807, 2.05) is 19.2 Å². The first kappa shape index (κ1) is 9.95. The molecule has 0 aliphatic carbocycles. The lowest BCUT2D eigenvalue weighted by atomic mass is 10.4. The molecule has 0 spiro atoms. The SMILES string of the molecule is CNCC=Cc1ccc(C(=O)O)s1. The van der Waals surface area contributed by atoms with Crippen molar-refractivity contribution >= 4 is 23.4 Å². The molecular formula is C9H11NO2S. The molecule has 0 aromatic carbocycles. The Bertz CT molecular complexity index is 317. The van der Waals surface area contributed by atoms with Crippen molar-refractivity contribution in [1.29, 1.82) is 0 Å². The predicted octanol–water partition coefficient (Wildman–Crippen LogP) is 1.68. The average Bonchev–Trinajstić information content (AvgIpc) is 2.53. The fraction of sp³-hybridized carbons (Fsp3) is 0.222. The van der Waals surface area contributed by atoms with Crippen LogP contribution in [0.1, 0.15) is 14.5 Å². The standard InChI is InChI=1S/C9H11NO2S/c1-10-6-2-3-7-4-5-8(13-7)9(11)12/h2-5,10H,6H2,1H3,(H,11,12). The van der Waals surface area contributed by atoms with Gasteiger partial charge in [0.1, 0.15) is 4.88 Å². The predicted molar refractivity (Wildman–Crippen MR) is 54.2 cm³/mol. The summed E-state index contributed by atoms with van der Waals surface area (Å²) in [5.74, 6) is -0.863. The van der Waals surface area contributed by atoms with Gasteiger partial charge < -0.3 is 10.4 Å². The maximum absolute atomic E-state index is 10.5. The molecule has 0 aliphatic rings. The Balaban J connectivity index is 2.64.